The third-order valence-corrected chi connectivity index (χ3v) is 3.96. The van der Waals surface area contributed by atoms with E-state index in [2.05, 4.69) is 10.1 Å². The van der Waals surface area contributed by atoms with Gasteiger partial charge in [0.2, 0.25) is 0 Å². The van der Waals surface area contributed by atoms with Crippen molar-refractivity contribution in [2.24, 2.45) is 0 Å². The van der Waals surface area contributed by atoms with Crippen molar-refractivity contribution < 1.29 is 22.7 Å². The number of hydrogen-bond donors (Lipinski definition) is 1. The molecule has 2 aromatic rings. The Bertz CT molecular complexity index is 712. The maximum atomic E-state index is 12.7. The minimum atomic E-state index is -4.57. The van der Waals surface area contributed by atoms with Crippen LogP contribution in [-0.2, 0) is 17.5 Å². The van der Waals surface area contributed by atoms with E-state index in [9.17, 15) is 18.0 Å². The van der Waals surface area contributed by atoms with Crippen molar-refractivity contribution in [3.8, 4) is 0 Å². The quantitative estimate of drug-likeness (QED) is 0.896. The van der Waals surface area contributed by atoms with Crippen LogP contribution in [0, 0.1) is 0 Å². The van der Waals surface area contributed by atoms with Gasteiger partial charge < -0.3 is 9.64 Å². The Morgan fingerprint density at radius 3 is 2.72 bits per heavy atom. The lowest BCUT2D eigenvalue weighted by Gasteiger charge is -2.24. The minimum Gasteiger partial charge on any atom is -0.376 e. The van der Waals surface area contributed by atoms with Gasteiger partial charge in [0.25, 0.3) is 5.91 Å². The largest absolute Gasteiger partial charge is 0.432 e. The first kappa shape index (κ1) is 17.4. The number of carbonyl (C=O) groups is 1. The van der Waals surface area contributed by atoms with Gasteiger partial charge in [0.1, 0.15) is 5.69 Å². The molecule has 0 bridgehead atoms. The number of halogens is 3. The molecule has 1 saturated heterocycles. The summed E-state index contributed by atoms with van der Waals surface area (Å²) in [6.45, 7) is 1.17. The number of aromatic nitrogens is 3. The Kier molecular flexibility index (Phi) is 5.03. The highest BCUT2D eigenvalue weighted by atomic mass is 19.4. The third kappa shape index (κ3) is 4.36. The Morgan fingerprint density at radius 2 is 2.12 bits per heavy atom. The van der Waals surface area contributed by atoms with Crippen LogP contribution in [-0.4, -0.2) is 45.2 Å². The van der Waals surface area contributed by atoms with E-state index in [0.29, 0.717) is 13.2 Å². The molecule has 1 N–H and O–H groups in total. The average Bonchev–Trinajstić information content (AvgIpc) is 3.26. The number of nitrogens with one attached hydrogen (secondary N) is 1. The van der Waals surface area contributed by atoms with Crippen LogP contribution in [0.2, 0.25) is 0 Å². The SMILES string of the molecule is O=C(c1cc(C(F)(F)F)[nH]n1)N(Cc1ccncc1)CC1CCCO1. The molecular formula is C16H17F3N4O2. The van der Waals surface area contributed by atoms with Crippen molar-refractivity contribution in [3.63, 3.8) is 0 Å². The molecule has 134 valence electrons. The molecule has 0 aliphatic carbocycles. The Labute approximate surface area is 142 Å². The molecule has 3 rings (SSSR count). The standard InChI is InChI=1S/C16H17F3N4O2/c17-16(18,19)14-8-13(21-22-14)15(24)23(10-12-2-1-7-25-12)9-11-3-5-20-6-4-11/h3-6,8,12H,1-2,7,9-10H2,(H,21,22). The fourth-order valence-corrected chi connectivity index (χ4v) is 2.70. The fourth-order valence-electron chi connectivity index (χ4n) is 2.70. The van der Waals surface area contributed by atoms with E-state index in [0.717, 1.165) is 24.5 Å². The lowest BCUT2D eigenvalue weighted by Crippen LogP contribution is -2.37. The van der Waals surface area contributed by atoms with Gasteiger partial charge in [-0.2, -0.15) is 18.3 Å². The average molecular weight is 354 g/mol. The fraction of sp³-hybridized carbons (Fsp3) is 0.438. The van der Waals surface area contributed by atoms with Gasteiger partial charge in [0.15, 0.2) is 5.69 Å². The molecule has 1 fully saturated rings. The Morgan fingerprint density at radius 1 is 1.36 bits per heavy atom. The van der Waals surface area contributed by atoms with Crippen LogP contribution < -0.4 is 0 Å². The predicted molar refractivity (Wildman–Crippen MR) is 81.5 cm³/mol. The van der Waals surface area contributed by atoms with Crippen LogP contribution in [0.1, 0.15) is 34.6 Å². The second-order valence-electron chi connectivity index (χ2n) is 5.84. The van der Waals surface area contributed by atoms with Crippen LogP contribution in [0.5, 0.6) is 0 Å². The zero-order chi connectivity index (χ0) is 17.9. The first-order valence-corrected chi connectivity index (χ1v) is 7.86. The van der Waals surface area contributed by atoms with Gasteiger partial charge in [-0.15, -0.1) is 0 Å². The number of aromatic amines is 1. The van der Waals surface area contributed by atoms with E-state index in [-0.39, 0.29) is 18.3 Å². The molecule has 3 heterocycles. The summed E-state index contributed by atoms with van der Waals surface area (Å²) in [7, 11) is 0. The summed E-state index contributed by atoms with van der Waals surface area (Å²) in [5, 5.41) is 5.41. The molecule has 1 atom stereocenters. The molecule has 0 radical (unpaired) electrons. The molecule has 1 amide bonds. The van der Waals surface area contributed by atoms with Gasteiger partial charge in [0, 0.05) is 38.2 Å². The molecule has 25 heavy (non-hydrogen) atoms. The van der Waals surface area contributed by atoms with Gasteiger partial charge in [0.05, 0.1) is 6.10 Å². The monoisotopic (exact) mass is 354 g/mol. The Balaban J connectivity index is 1.79. The highest BCUT2D eigenvalue weighted by molar-refractivity contribution is 5.92. The summed E-state index contributed by atoms with van der Waals surface area (Å²) >= 11 is 0. The van der Waals surface area contributed by atoms with Crippen molar-refractivity contribution in [2.45, 2.75) is 31.7 Å². The number of pyridine rings is 1. The summed E-state index contributed by atoms with van der Waals surface area (Å²) in [5.74, 6) is -0.570. The molecular weight excluding hydrogens is 337 g/mol. The minimum absolute atomic E-state index is 0.119. The molecule has 1 unspecified atom stereocenters. The number of amides is 1. The number of nitrogens with zero attached hydrogens (tertiary/aromatic N) is 3. The van der Waals surface area contributed by atoms with Gasteiger partial charge in [-0.25, -0.2) is 0 Å². The van der Waals surface area contributed by atoms with E-state index in [4.69, 9.17) is 4.74 Å². The van der Waals surface area contributed by atoms with Gasteiger partial charge in [-0.05, 0) is 30.5 Å². The summed E-state index contributed by atoms with van der Waals surface area (Å²) in [6.07, 6.45) is 0.222. The number of ether oxygens (including phenoxy) is 1. The molecule has 1 aliphatic rings. The van der Waals surface area contributed by atoms with Gasteiger partial charge in [-0.1, -0.05) is 0 Å². The van der Waals surface area contributed by atoms with Crippen LogP contribution >= 0.6 is 0 Å². The van der Waals surface area contributed by atoms with Crippen molar-refractivity contribution in [2.75, 3.05) is 13.2 Å². The van der Waals surface area contributed by atoms with Crippen LogP contribution in [0.15, 0.2) is 30.6 Å². The summed E-state index contributed by atoms with van der Waals surface area (Å²) in [6, 6.07) is 4.24. The zero-order valence-corrected chi connectivity index (χ0v) is 13.3. The molecule has 2 aromatic heterocycles. The van der Waals surface area contributed by atoms with E-state index < -0.39 is 17.8 Å². The van der Waals surface area contributed by atoms with E-state index >= 15 is 0 Å². The summed E-state index contributed by atoms with van der Waals surface area (Å²) in [4.78, 5) is 18.1. The molecule has 0 spiro atoms. The first-order chi connectivity index (χ1) is 11.9. The van der Waals surface area contributed by atoms with Crippen LogP contribution in [0.4, 0.5) is 13.2 Å². The molecule has 0 saturated carbocycles. The molecule has 0 aromatic carbocycles. The van der Waals surface area contributed by atoms with Crippen molar-refractivity contribution >= 4 is 5.91 Å². The lowest BCUT2D eigenvalue weighted by atomic mass is 10.2. The highest BCUT2D eigenvalue weighted by Crippen LogP contribution is 2.28. The zero-order valence-electron chi connectivity index (χ0n) is 13.3. The van der Waals surface area contributed by atoms with E-state index in [1.165, 1.54) is 4.90 Å². The third-order valence-electron chi connectivity index (χ3n) is 3.96. The summed E-state index contributed by atoms with van der Waals surface area (Å²) in [5.41, 5.74) is -0.482. The first-order valence-electron chi connectivity index (χ1n) is 7.86. The summed E-state index contributed by atoms with van der Waals surface area (Å²) < 4.78 is 43.7. The number of alkyl halides is 3. The predicted octanol–water partition coefficient (Wildman–Crippen LogP) is 2.64. The van der Waals surface area contributed by atoms with Crippen molar-refractivity contribution in [1.82, 2.24) is 20.1 Å². The van der Waals surface area contributed by atoms with Crippen LogP contribution in [0.3, 0.4) is 0 Å². The maximum Gasteiger partial charge on any atom is 0.432 e. The number of carbonyl (C=O) groups excluding carboxylic acids is 1. The maximum absolute atomic E-state index is 12.7. The van der Waals surface area contributed by atoms with E-state index in [1.54, 1.807) is 24.5 Å². The lowest BCUT2D eigenvalue weighted by molar-refractivity contribution is -0.141. The number of H-pyrrole nitrogens is 1. The number of rotatable bonds is 5. The van der Waals surface area contributed by atoms with Crippen molar-refractivity contribution in [3.05, 3.63) is 47.5 Å². The molecule has 6 nitrogen and oxygen atoms in total. The van der Waals surface area contributed by atoms with Gasteiger partial charge >= 0.3 is 6.18 Å². The van der Waals surface area contributed by atoms with Gasteiger partial charge in [-0.3, -0.25) is 14.9 Å². The van der Waals surface area contributed by atoms with Crippen LogP contribution in [0.25, 0.3) is 0 Å². The van der Waals surface area contributed by atoms with E-state index in [1.807, 2.05) is 5.10 Å². The smallest absolute Gasteiger partial charge is 0.376 e. The van der Waals surface area contributed by atoms with Crippen molar-refractivity contribution in [1.29, 1.82) is 0 Å². The molecule has 1 aliphatic heterocycles. The Hall–Kier alpha value is -2.42. The second kappa shape index (κ2) is 7.22. The topological polar surface area (TPSA) is 71.1 Å². The number of hydrogen-bond acceptors (Lipinski definition) is 4. The molecule has 9 heteroatoms. The highest BCUT2D eigenvalue weighted by Gasteiger charge is 2.34. The second-order valence-corrected chi connectivity index (χ2v) is 5.84. The normalized spacial score (nSPS) is 17.6.